The van der Waals surface area contributed by atoms with Crippen molar-refractivity contribution in [3.8, 4) is 0 Å². The molecule has 2 rings (SSSR count). The Hall–Kier alpha value is -1.35. The summed E-state index contributed by atoms with van der Waals surface area (Å²) in [6.07, 6.45) is 2.23. The van der Waals surface area contributed by atoms with Crippen molar-refractivity contribution in [2.45, 2.75) is 52.0 Å². The van der Waals surface area contributed by atoms with Crippen LogP contribution in [0.4, 0.5) is 0 Å². The number of benzene rings is 1. The summed E-state index contributed by atoms with van der Waals surface area (Å²) in [4.78, 5) is 14.8. The molecule has 0 bridgehead atoms. The molecule has 1 saturated heterocycles. The zero-order chi connectivity index (χ0) is 15.6. The van der Waals surface area contributed by atoms with Crippen molar-refractivity contribution < 1.29 is 4.79 Å². The van der Waals surface area contributed by atoms with Crippen molar-refractivity contribution >= 4 is 5.91 Å². The molecule has 0 aliphatic carbocycles. The van der Waals surface area contributed by atoms with Gasteiger partial charge in [0.15, 0.2) is 0 Å². The van der Waals surface area contributed by atoms with Crippen LogP contribution in [0.3, 0.4) is 0 Å². The highest BCUT2D eigenvalue weighted by Crippen LogP contribution is 2.30. The van der Waals surface area contributed by atoms with Crippen LogP contribution in [0.1, 0.15) is 61.0 Å². The second-order valence-corrected chi connectivity index (χ2v) is 7.15. The molecular weight excluding hydrogens is 260 g/mol. The van der Waals surface area contributed by atoms with Crippen molar-refractivity contribution in [3.05, 3.63) is 34.9 Å². The van der Waals surface area contributed by atoms with Crippen molar-refractivity contribution in [2.24, 2.45) is 0 Å². The summed E-state index contributed by atoms with van der Waals surface area (Å²) < 4.78 is 0. The Bertz CT molecular complexity index is 510. The van der Waals surface area contributed by atoms with Crippen LogP contribution in [0.25, 0.3) is 0 Å². The highest BCUT2D eigenvalue weighted by atomic mass is 16.2. The number of hydrogen-bond donors (Lipinski definition) is 1. The number of amides is 1. The third kappa shape index (κ3) is 3.65. The summed E-state index contributed by atoms with van der Waals surface area (Å²) in [5.41, 5.74) is 3.10. The Labute approximate surface area is 128 Å². The van der Waals surface area contributed by atoms with E-state index >= 15 is 0 Å². The largest absolute Gasteiger partial charge is 0.337 e. The molecule has 1 aliphatic rings. The molecule has 1 heterocycles. The fraction of sp³-hybridized carbons (Fsp3) is 0.611. The first-order valence-corrected chi connectivity index (χ1v) is 7.90. The molecule has 1 aliphatic heterocycles. The second-order valence-electron chi connectivity index (χ2n) is 7.15. The molecule has 0 saturated carbocycles. The van der Waals surface area contributed by atoms with Gasteiger partial charge in [0.25, 0.3) is 5.91 Å². The van der Waals surface area contributed by atoms with Crippen LogP contribution in [-0.2, 0) is 0 Å². The minimum Gasteiger partial charge on any atom is -0.337 e. The number of piperidine rings is 1. The Balaban J connectivity index is 2.37. The molecule has 1 N–H and O–H groups in total. The smallest absolute Gasteiger partial charge is 0.254 e. The van der Waals surface area contributed by atoms with Gasteiger partial charge in [-0.3, -0.25) is 4.79 Å². The lowest BCUT2D eigenvalue weighted by atomic mass is 9.85. The van der Waals surface area contributed by atoms with Gasteiger partial charge in [-0.25, -0.2) is 0 Å². The summed E-state index contributed by atoms with van der Waals surface area (Å²) in [5.74, 6) is 0.638. The first kappa shape index (κ1) is 16.0. The van der Waals surface area contributed by atoms with Gasteiger partial charge in [-0.15, -0.1) is 0 Å². The normalized spacial score (nSPS) is 16.8. The van der Waals surface area contributed by atoms with Crippen LogP contribution in [0.15, 0.2) is 18.2 Å². The van der Waals surface area contributed by atoms with Crippen LogP contribution in [-0.4, -0.2) is 36.5 Å². The molecule has 0 spiro atoms. The molecule has 1 fully saturated rings. The number of rotatable bonds is 2. The molecule has 1 aromatic rings. The van der Waals surface area contributed by atoms with Crippen molar-refractivity contribution in [3.63, 3.8) is 0 Å². The number of nitrogens with one attached hydrogen (secondary N) is 1. The van der Waals surface area contributed by atoms with Crippen molar-refractivity contribution in [2.75, 3.05) is 20.1 Å². The standard InChI is InChI=1S/C18H28N2O/c1-13-6-7-15(14-8-10-19-11-9-14)16(12-13)17(21)20(5)18(2,3)4/h6-7,12,14,19H,8-11H2,1-5H3. The lowest BCUT2D eigenvalue weighted by Gasteiger charge is -2.34. The Morgan fingerprint density at radius 2 is 1.86 bits per heavy atom. The van der Waals surface area contributed by atoms with Gasteiger partial charge in [-0.1, -0.05) is 17.7 Å². The summed E-state index contributed by atoms with van der Waals surface area (Å²) in [7, 11) is 1.90. The number of nitrogens with zero attached hydrogens (tertiary/aromatic N) is 1. The van der Waals surface area contributed by atoms with Gasteiger partial charge < -0.3 is 10.2 Å². The van der Waals surface area contributed by atoms with Gasteiger partial charge in [0.1, 0.15) is 0 Å². The molecule has 3 heteroatoms. The molecule has 116 valence electrons. The van der Waals surface area contributed by atoms with E-state index in [-0.39, 0.29) is 11.4 Å². The molecule has 1 amide bonds. The number of hydrogen-bond acceptors (Lipinski definition) is 2. The Morgan fingerprint density at radius 3 is 2.43 bits per heavy atom. The van der Waals surface area contributed by atoms with Crippen molar-refractivity contribution in [1.82, 2.24) is 10.2 Å². The van der Waals surface area contributed by atoms with E-state index in [2.05, 4.69) is 51.2 Å². The van der Waals surface area contributed by atoms with Gasteiger partial charge in [-0.2, -0.15) is 0 Å². The maximum absolute atomic E-state index is 12.9. The van der Waals surface area contributed by atoms with E-state index in [1.165, 1.54) is 5.56 Å². The average molecular weight is 288 g/mol. The topological polar surface area (TPSA) is 32.3 Å². The Morgan fingerprint density at radius 1 is 1.24 bits per heavy atom. The summed E-state index contributed by atoms with van der Waals surface area (Å²) in [5, 5.41) is 3.40. The summed E-state index contributed by atoms with van der Waals surface area (Å²) in [6.45, 7) is 10.4. The lowest BCUT2D eigenvalue weighted by Crippen LogP contribution is -2.43. The average Bonchev–Trinajstić information content (AvgIpc) is 2.45. The number of aryl methyl sites for hydroxylation is 1. The molecule has 0 unspecified atom stereocenters. The van der Waals surface area contributed by atoms with Crippen LogP contribution in [0.5, 0.6) is 0 Å². The van der Waals surface area contributed by atoms with E-state index in [1.54, 1.807) is 0 Å². The minimum absolute atomic E-state index is 0.139. The third-order valence-corrected chi connectivity index (χ3v) is 4.53. The minimum atomic E-state index is -0.160. The van der Waals surface area contributed by atoms with Crippen LogP contribution in [0, 0.1) is 6.92 Å². The van der Waals surface area contributed by atoms with Gasteiger partial charge >= 0.3 is 0 Å². The van der Waals surface area contributed by atoms with Crippen LogP contribution >= 0.6 is 0 Å². The highest BCUT2D eigenvalue weighted by molar-refractivity contribution is 5.96. The van der Waals surface area contributed by atoms with E-state index in [4.69, 9.17) is 0 Å². The summed E-state index contributed by atoms with van der Waals surface area (Å²) in [6, 6.07) is 6.35. The van der Waals surface area contributed by atoms with E-state index in [0.29, 0.717) is 5.92 Å². The van der Waals surface area contributed by atoms with E-state index in [9.17, 15) is 4.79 Å². The molecular formula is C18H28N2O. The fourth-order valence-electron chi connectivity index (χ4n) is 2.83. The quantitative estimate of drug-likeness (QED) is 0.905. The van der Waals surface area contributed by atoms with E-state index in [1.807, 2.05) is 11.9 Å². The van der Waals surface area contributed by atoms with Gasteiger partial charge in [-0.05, 0) is 71.2 Å². The predicted molar refractivity (Wildman–Crippen MR) is 87.9 cm³/mol. The first-order chi connectivity index (χ1) is 9.80. The molecule has 3 nitrogen and oxygen atoms in total. The fourth-order valence-corrected chi connectivity index (χ4v) is 2.83. The third-order valence-electron chi connectivity index (χ3n) is 4.53. The molecule has 21 heavy (non-hydrogen) atoms. The van der Waals surface area contributed by atoms with E-state index in [0.717, 1.165) is 37.1 Å². The van der Waals surface area contributed by atoms with Crippen LogP contribution < -0.4 is 5.32 Å². The van der Waals surface area contributed by atoms with Gasteiger partial charge in [0.2, 0.25) is 0 Å². The zero-order valence-corrected chi connectivity index (χ0v) is 14.0. The molecule has 1 aromatic carbocycles. The predicted octanol–water partition coefficient (Wildman–Crippen LogP) is 3.33. The molecule has 0 atom stereocenters. The second kappa shape index (κ2) is 6.18. The van der Waals surface area contributed by atoms with Gasteiger partial charge in [0.05, 0.1) is 0 Å². The maximum Gasteiger partial charge on any atom is 0.254 e. The SMILES string of the molecule is Cc1ccc(C2CCNCC2)c(C(=O)N(C)C(C)(C)C)c1. The lowest BCUT2D eigenvalue weighted by molar-refractivity contribution is 0.0653. The number of carbonyl (C=O) groups excluding carboxylic acids is 1. The van der Waals surface area contributed by atoms with Gasteiger partial charge in [0, 0.05) is 18.2 Å². The van der Waals surface area contributed by atoms with Crippen LogP contribution in [0.2, 0.25) is 0 Å². The Kier molecular flexibility index (Phi) is 4.72. The highest BCUT2D eigenvalue weighted by Gasteiger charge is 2.27. The number of carbonyl (C=O) groups is 1. The van der Waals surface area contributed by atoms with E-state index < -0.39 is 0 Å². The monoisotopic (exact) mass is 288 g/mol. The zero-order valence-electron chi connectivity index (χ0n) is 14.0. The molecule has 0 aromatic heterocycles. The summed E-state index contributed by atoms with van der Waals surface area (Å²) >= 11 is 0. The maximum atomic E-state index is 12.9. The molecule has 0 radical (unpaired) electrons. The first-order valence-electron chi connectivity index (χ1n) is 7.90. The van der Waals surface area contributed by atoms with Crippen molar-refractivity contribution in [1.29, 1.82) is 0 Å².